The summed E-state index contributed by atoms with van der Waals surface area (Å²) in [5.74, 6) is -0.227. The first kappa shape index (κ1) is 26.3. The van der Waals surface area contributed by atoms with E-state index in [1.54, 1.807) is 0 Å². The Bertz CT molecular complexity index is 1060. The first-order valence-corrected chi connectivity index (χ1v) is 14.5. The molecule has 0 aromatic heterocycles. The zero-order valence-corrected chi connectivity index (χ0v) is 22.7. The van der Waals surface area contributed by atoms with Crippen LogP contribution in [0.5, 0.6) is 0 Å². The number of carbonyl (C=O) groups is 1. The topological polar surface area (TPSA) is 48.0 Å². The van der Waals surface area contributed by atoms with Gasteiger partial charge in [-0.1, -0.05) is 112 Å². The maximum Gasteiger partial charge on any atom is 0.307 e. The second-order valence-corrected chi connectivity index (χ2v) is 14.7. The zero-order valence-electron chi connectivity index (χ0n) is 21.7. The van der Waals surface area contributed by atoms with Crippen molar-refractivity contribution in [1.29, 1.82) is 0 Å². The molecule has 3 aromatic carbocycles. The van der Waals surface area contributed by atoms with Crippen LogP contribution in [-0.2, 0) is 25.3 Å². The van der Waals surface area contributed by atoms with Crippen LogP contribution in [0.4, 0.5) is 0 Å². The minimum atomic E-state index is -2.66. The Hall–Kier alpha value is -2.77. The lowest BCUT2D eigenvalue weighted by atomic mass is 10.1. The molecule has 1 heterocycles. The first-order valence-electron chi connectivity index (χ1n) is 12.6. The quantitative estimate of drug-likeness (QED) is 0.313. The average molecular weight is 504 g/mol. The van der Waals surface area contributed by atoms with Crippen molar-refractivity contribution in [3.8, 4) is 0 Å². The number of nitrogens with zero attached hydrogens (tertiary/aromatic N) is 1. The standard InChI is InChI=1S/C30H37NO4Si/c1-30(2,3)36(27-16-10-6-11-17-27,28-18-12-7-13-19-28)34-23-26-20-25(21-29(32)33-4)31(35-26)22-24-14-8-5-9-15-24/h5-19,25-26H,20-23H2,1-4H3/t25-,26-/m1/s1. The van der Waals surface area contributed by atoms with Crippen LogP contribution in [0.15, 0.2) is 91.0 Å². The molecule has 190 valence electrons. The summed E-state index contributed by atoms with van der Waals surface area (Å²) in [6, 6.07) is 31.4. The Morgan fingerprint density at radius 1 is 0.917 bits per heavy atom. The number of hydrogen-bond acceptors (Lipinski definition) is 5. The summed E-state index contributed by atoms with van der Waals surface area (Å²) >= 11 is 0. The Labute approximate surface area is 216 Å². The van der Waals surface area contributed by atoms with Crippen molar-refractivity contribution in [2.24, 2.45) is 0 Å². The number of hydrogen-bond donors (Lipinski definition) is 0. The van der Waals surface area contributed by atoms with Gasteiger partial charge in [-0.2, -0.15) is 5.06 Å². The van der Waals surface area contributed by atoms with E-state index in [0.29, 0.717) is 26.0 Å². The highest BCUT2D eigenvalue weighted by atomic mass is 28.4. The van der Waals surface area contributed by atoms with Crippen molar-refractivity contribution in [2.75, 3.05) is 13.7 Å². The number of ether oxygens (including phenoxy) is 1. The van der Waals surface area contributed by atoms with Crippen LogP contribution < -0.4 is 10.4 Å². The van der Waals surface area contributed by atoms with E-state index in [1.165, 1.54) is 17.5 Å². The SMILES string of the molecule is COC(=O)C[C@H]1C[C@H](CO[Si](c2ccccc2)(c2ccccc2)C(C)(C)C)ON1Cc1ccccc1. The smallest absolute Gasteiger partial charge is 0.307 e. The van der Waals surface area contributed by atoms with Crippen LogP contribution in [0.25, 0.3) is 0 Å². The van der Waals surface area contributed by atoms with E-state index in [1.807, 2.05) is 23.3 Å². The Balaban J connectivity index is 1.60. The minimum Gasteiger partial charge on any atom is -0.469 e. The lowest BCUT2D eigenvalue weighted by Gasteiger charge is -2.43. The molecular weight excluding hydrogens is 466 g/mol. The molecule has 0 aliphatic carbocycles. The third kappa shape index (κ3) is 5.79. The number of benzene rings is 3. The zero-order chi connectivity index (χ0) is 25.6. The molecule has 0 bridgehead atoms. The molecule has 2 atom stereocenters. The van der Waals surface area contributed by atoms with E-state index in [9.17, 15) is 4.79 Å². The molecule has 1 fully saturated rings. The van der Waals surface area contributed by atoms with Crippen LogP contribution in [-0.4, -0.2) is 45.2 Å². The van der Waals surface area contributed by atoms with Crippen LogP contribution in [0.2, 0.25) is 5.04 Å². The summed E-state index contributed by atoms with van der Waals surface area (Å²) < 4.78 is 12.1. The Morgan fingerprint density at radius 3 is 1.94 bits per heavy atom. The van der Waals surface area contributed by atoms with Gasteiger partial charge in [0.25, 0.3) is 8.32 Å². The van der Waals surface area contributed by atoms with E-state index in [2.05, 4.69) is 93.6 Å². The molecule has 5 nitrogen and oxygen atoms in total. The van der Waals surface area contributed by atoms with Gasteiger partial charge in [-0.25, -0.2) is 0 Å². The average Bonchev–Trinajstić information content (AvgIpc) is 3.26. The van der Waals surface area contributed by atoms with Crippen LogP contribution in [0.3, 0.4) is 0 Å². The number of rotatable bonds is 9. The molecule has 0 saturated carbocycles. The van der Waals surface area contributed by atoms with E-state index in [0.717, 1.165) is 5.56 Å². The fraction of sp³-hybridized carbons (Fsp3) is 0.367. The summed E-state index contributed by atoms with van der Waals surface area (Å²) in [4.78, 5) is 18.6. The van der Waals surface area contributed by atoms with Gasteiger partial charge in [-0.3, -0.25) is 9.63 Å². The summed E-state index contributed by atoms with van der Waals surface area (Å²) in [7, 11) is -1.23. The van der Waals surface area contributed by atoms with Crippen LogP contribution in [0.1, 0.15) is 39.2 Å². The molecule has 4 rings (SSSR count). The highest BCUT2D eigenvalue weighted by molar-refractivity contribution is 6.99. The van der Waals surface area contributed by atoms with Gasteiger partial charge in [0.1, 0.15) is 6.10 Å². The molecule has 3 aromatic rings. The molecule has 0 radical (unpaired) electrons. The molecule has 0 N–H and O–H groups in total. The highest BCUT2D eigenvalue weighted by Crippen LogP contribution is 2.37. The van der Waals surface area contributed by atoms with Gasteiger partial charge < -0.3 is 9.16 Å². The van der Waals surface area contributed by atoms with Gasteiger partial charge in [-0.15, -0.1) is 0 Å². The monoisotopic (exact) mass is 503 g/mol. The fourth-order valence-corrected chi connectivity index (χ4v) is 9.80. The van der Waals surface area contributed by atoms with Gasteiger partial charge in [-0.05, 0) is 27.4 Å². The number of hydroxylamine groups is 2. The van der Waals surface area contributed by atoms with E-state index < -0.39 is 8.32 Å². The lowest BCUT2D eigenvalue weighted by Crippen LogP contribution is -2.67. The molecule has 0 spiro atoms. The number of esters is 1. The third-order valence-electron chi connectivity index (χ3n) is 6.94. The van der Waals surface area contributed by atoms with Crippen molar-refractivity contribution in [2.45, 2.75) is 57.3 Å². The maximum atomic E-state index is 12.2. The molecule has 36 heavy (non-hydrogen) atoms. The van der Waals surface area contributed by atoms with Gasteiger partial charge in [0.15, 0.2) is 0 Å². The van der Waals surface area contributed by atoms with Crippen molar-refractivity contribution in [1.82, 2.24) is 5.06 Å². The van der Waals surface area contributed by atoms with E-state index in [4.69, 9.17) is 14.0 Å². The Kier molecular flexibility index (Phi) is 8.41. The summed E-state index contributed by atoms with van der Waals surface area (Å²) in [5, 5.41) is 4.32. The minimum absolute atomic E-state index is 0.0644. The van der Waals surface area contributed by atoms with Gasteiger partial charge >= 0.3 is 5.97 Å². The largest absolute Gasteiger partial charge is 0.469 e. The first-order chi connectivity index (χ1) is 17.3. The molecule has 0 amide bonds. The van der Waals surface area contributed by atoms with Crippen molar-refractivity contribution < 1.29 is 18.8 Å². The third-order valence-corrected chi connectivity index (χ3v) is 11.9. The molecular formula is C30H37NO4Si. The molecule has 1 aliphatic rings. The van der Waals surface area contributed by atoms with Gasteiger partial charge in [0, 0.05) is 12.6 Å². The summed E-state index contributed by atoms with van der Waals surface area (Å²) in [6.45, 7) is 7.89. The predicted octanol–water partition coefficient (Wildman–Crippen LogP) is 4.70. The van der Waals surface area contributed by atoms with E-state index in [-0.39, 0.29) is 23.2 Å². The highest BCUT2D eigenvalue weighted by Gasteiger charge is 2.51. The maximum absolute atomic E-state index is 12.2. The molecule has 1 saturated heterocycles. The molecule has 1 aliphatic heterocycles. The molecule has 0 unspecified atom stereocenters. The van der Waals surface area contributed by atoms with Crippen molar-refractivity contribution >= 4 is 24.7 Å². The second kappa shape index (κ2) is 11.5. The fourth-order valence-electron chi connectivity index (χ4n) is 5.21. The normalized spacial score (nSPS) is 18.8. The number of carbonyl (C=O) groups excluding carboxylic acids is 1. The van der Waals surface area contributed by atoms with Gasteiger partial charge in [0.2, 0.25) is 0 Å². The van der Waals surface area contributed by atoms with E-state index >= 15 is 0 Å². The van der Waals surface area contributed by atoms with Crippen LogP contribution >= 0.6 is 0 Å². The van der Waals surface area contributed by atoms with Crippen molar-refractivity contribution in [3.05, 3.63) is 96.6 Å². The van der Waals surface area contributed by atoms with Gasteiger partial charge in [0.05, 0.1) is 20.1 Å². The Morgan fingerprint density at radius 2 is 1.44 bits per heavy atom. The summed E-state index contributed by atoms with van der Waals surface area (Å²) in [6.07, 6.45) is 0.851. The predicted molar refractivity (Wildman–Crippen MR) is 145 cm³/mol. The van der Waals surface area contributed by atoms with Crippen LogP contribution in [0, 0.1) is 0 Å². The second-order valence-electron chi connectivity index (χ2n) is 10.4. The number of methoxy groups -OCH3 is 1. The van der Waals surface area contributed by atoms with Crippen molar-refractivity contribution in [3.63, 3.8) is 0 Å². The summed E-state index contributed by atoms with van der Waals surface area (Å²) in [5.41, 5.74) is 1.14. The lowest BCUT2D eigenvalue weighted by molar-refractivity contribution is -0.180. The molecule has 6 heteroatoms.